The molecule has 0 saturated carbocycles. The number of methoxy groups -OCH3 is 1. The number of nitrogens with one attached hydrogen (secondary N) is 1. The highest BCUT2D eigenvalue weighted by Crippen LogP contribution is 2.35. The van der Waals surface area contributed by atoms with Gasteiger partial charge in [-0.1, -0.05) is 18.2 Å². The molecule has 3 aliphatic rings. The van der Waals surface area contributed by atoms with Gasteiger partial charge in [-0.2, -0.15) is 0 Å². The molecule has 0 aromatic heterocycles. The van der Waals surface area contributed by atoms with Crippen molar-refractivity contribution in [3.05, 3.63) is 58.9 Å². The minimum Gasteiger partial charge on any atom is -0.496 e. The molecule has 9 heteroatoms. The monoisotopic (exact) mass is 494 g/mol. The van der Waals surface area contributed by atoms with E-state index in [0.717, 1.165) is 62.6 Å². The van der Waals surface area contributed by atoms with E-state index in [0.29, 0.717) is 5.56 Å². The summed E-state index contributed by atoms with van der Waals surface area (Å²) in [5.41, 5.74) is 3.01. The molecular formula is C27H31FN4O4. The minimum absolute atomic E-state index is 0.191. The summed E-state index contributed by atoms with van der Waals surface area (Å²) in [5.74, 6) is -0.677. The zero-order valence-corrected chi connectivity index (χ0v) is 20.5. The number of anilines is 1. The van der Waals surface area contributed by atoms with Crippen molar-refractivity contribution in [2.24, 2.45) is 0 Å². The SMILES string of the molecule is COc1ccccc1CCCN1CCN(c2cc(F)cc3c2CN(C2CCC(=O)NC2=O)C3=O)CC1. The quantitative estimate of drug-likeness (QED) is 0.596. The van der Waals surface area contributed by atoms with Gasteiger partial charge in [-0.05, 0) is 49.6 Å². The molecular weight excluding hydrogens is 463 g/mol. The summed E-state index contributed by atoms with van der Waals surface area (Å²) in [7, 11) is 1.69. The molecule has 3 heterocycles. The normalized spacial score (nSPS) is 20.5. The lowest BCUT2D eigenvalue weighted by Gasteiger charge is -2.37. The molecule has 2 aromatic rings. The Labute approximate surface area is 210 Å². The Bertz CT molecular complexity index is 1180. The first kappa shape index (κ1) is 24.2. The van der Waals surface area contributed by atoms with Gasteiger partial charge in [0.1, 0.15) is 17.6 Å². The van der Waals surface area contributed by atoms with Gasteiger partial charge in [-0.25, -0.2) is 4.39 Å². The summed E-state index contributed by atoms with van der Waals surface area (Å²) in [6.07, 6.45) is 2.44. The second kappa shape index (κ2) is 10.3. The fourth-order valence-corrected chi connectivity index (χ4v) is 5.50. The van der Waals surface area contributed by atoms with Gasteiger partial charge in [-0.3, -0.25) is 24.6 Å². The average molecular weight is 495 g/mol. The number of benzene rings is 2. The maximum Gasteiger partial charge on any atom is 0.255 e. The van der Waals surface area contributed by atoms with Crippen molar-refractivity contribution in [2.45, 2.75) is 38.3 Å². The number of ether oxygens (including phenoxy) is 1. The van der Waals surface area contributed by atoms with Crippen LogP contribution in [0.1, 0.15) is 40.7 Å². The molecule has 190 valence electrons. The molecule has 1 unspecified atom stereocenters. The summed E-state index contributed by atoms with van der Waals surface area (Å²) in [4.78, 5) is 43.0. The second-order valence-corrected chi connectivity index (χ2v) is 9.60. The smallest absolute Gasteiger partial charge is 0.255 e. The maximum atomic E-state index is 14.6. The van der Waals surface area contributed by atoms with Crippen LogP contribution in [0.15, 0.2) is 36.4 Å². The van der Waals surface area contributed by atoms with Crippen LogP contribution in [0.5, 0.6) is 5.75 Å². The molecule has 2 saturated heterocycles. The Morgan fingerprint density at radius 3 is 2.61 bits per heavy atom. The highest BCUT2D eigenvalue weighted by Gasteiger charge is 2.41. The number of imide groups is 1. The fraction of sp³-hybridized carbons (Fsp3) is 0.444. The van der Waals surface area contributed by atoms with Crippen molar-refractivity contribution >= 4 is 23.4 Å². The van der Waals surface area contributed by atoms with E-state index in [4.69, 9.17) is 4.74 Å². The third kappa shape index (κ3) is 4.80. The van der Waals surface area contributed by atoms with Gasteiger partial charge in [0, 0.05) is 56.0 Å². The van der Waals surface area contributed by atoms with Crippen molar-refractivity contribution in [1.82, 2.24) is 15.1 Å². The number of carbonyl (C=O) groups excluding carboxylic acids is 3. The molecule has 0 aliphatic carbocycles. The molecule has 0 spiro atoms. The van der Waals surface area contributed by atoms with Gasteiger partial charge in [0.15, 0.2) is 0 Å². The van der Waals surface area contributed by atoms with Gasteiger partial charge in [0.2, 0.25) is 11.8 Å². The van der Waals surface area contributed by atoms with Crippen LogP contribution in [0.25, 0.3) is 0 Å². The third-order valence-electron chi connectivity index (χ3n) is 7.42. The summed E-state index contributed by atoms with van der Waals surface area (Å²) in [6.45, 7) is 4.38. The van der Waals surface area contributed by atoms with Gasteiger partial charge in [0.05, 0.1) is 7.11 Å². The predicted molar refractivity (Wildman–Crippen MR) is 132 cm³/mol. The van der Waals surface area contributed by atoms with Crippen LogP contribution >= 0.6 is 0 Å². The van der Waals surface area contributed by atoms with Gasteiger partial charge >= 0.3 is 0 Å². The highest BCUT2D eigenvalue weighted by atomic mass is 19.1. The van der Waals surface area contributed by atoms with E-state index in [9.17, 15) is 18.8 Å². The van der Waals surface area contributed by atoms with Crippen molar-refractivity contribution in [3.63, 3.8) is 0 Å². The number of para-hydroxylation sites is 1. The van der Waals surface area contributed by atoms with E-state index in [1.807, 2.05) is 18.2 Å². The van der Waals surface area contributed by atoms with Gasteiger partial charge in [-0.15, -0.1) is 0 Å². The minimum atomic E-state index is -0.710. The number of hydrogen-bond acceptors (Lipinski definition) is 6. The van der Waals surface area contributed by atoms with Crippen LogP contribution in [0.3, 0.4) is 0 Å². The summed E-state index contributed by atoms with van der Waals surface area (Å²) in [6, 6.07) is 10.1. The van der Waals surface area contributed by atoms with Crippen molar-refractivity contribution < 1.29 is 23.5 Å². The second-order valence-electron chi connectivity index (χ2n) is 9.60. The van der Waals surface area contributed by atoms with E-state index in [1.54, 1.807) is 7.11 Å². The predicted octanol–water partition coefficient (Wildman–Crippen LogP) is 2.35. The number of fused-ring (bicyclic) bond motifs is 1. The first-order chi connectivity index (χ1) is 17.4. The van der Waals surface area contributed by atoms with E-state index < -0.39 is 17.8 Å². The number of rotatable bonds is 7. The molecule has 0 bridgehead atoms. The van der Waals surface area contributed by atoms with Crippen LogP contribution in [0.2, 0.25) is 0 Å². The number of halogens is 1. The molecule has 5 rings (SSSR count). The first-order valence-corrected chi connectivity index (χ1v) is 12.5. The Kier molecular flexibility index (Phi) is 6.91. The molecule has 3 amide bonds. The number of amides is 3. The molecule has 1 N–H and O–H groups in total. The molecule has 2 aromatic carbocycles. The molecule has 36 heavy (non-hydrogen) atoms. The number of piperazine rings is 1. The van der Waals surface area contributed by atoms with Crippen LogP contribution in [-0.2, 0) is 22.6 Å². The van der Waals surface area contributed by atoms with Crippen molar-refractivity contribution in [1.29, 1.82) is 0 Å². The van der Waals surface area contributed by atoms with Crippen LogP contribution in [0, 0.1) is 5.82 Å². The zero-order valence-electron chi connectivity index (χ0n) is 20.5. The number of aryl methyl sites for hydroxylation is 1. The van der Waals surface area contributed by atoms with Crippen molar-refractivity contribution in [2.75, 3.05) is 44.7 Å². The van der Waals surface area contributed by atoms with E-state index in [-0.39, 0.29) is 31.2 Å². The number of piperidine rings is 1. The Morgan fingerprint density at radius 1 is 1.08 bits per heavy atom. The van der Waals surface area contributed by atoms with Crippen LogP contribution < -0.4 is 15.0 Å². The molecule has 0 radical (unpaired) electrons. The molecule has 1 atom stereocenters. The maximum absolute atomic E-state index is 14.6. The number of hydrogen-bond donors (Lipinski definition) is 1. The van der Waals surface area contributed by atoms with Gasteiger partial charge < -0.3 is 14.5 Å². The van der Waals surface area contributed by atoms with Crippen molar-refractivity contribution in [3.8, 4) is 5.75 Å². The molecule has 8 nitrogen and oxygen atoms in total. The highest BCUT2D eigenvalue weighted by molar-refractivity contribution is 6.06. The zero-order chi connectivity index (χ0) is 25.2. The lowest BCUT2D eigenvalue weighted by Crippen LogP contribution is -2.52. The van der Waals surface area contributed by atoms with Crippen LogP contribution in [0.4, 0.5) is 10.1 Å². The molecule has 3 aliphatic heterocycles. The lowest BCUT2D eigenvalue weighted by atomic mass is 10.0. The molecule has 2 fully saturated rings. The number of nitrogens with zero attached hydrogens (tertiary/aromatic N) is 3. The Morgan fingerprint density at radius 2 is 1.86 bits per heavy atom. The van der Waals surface area contributed by atoms with E-state index >= 15 is 0 Å². The number of carbonyl (C=O) groups is 3. The first-order valence-electron chi connectivity index (χ1n) is 12.5. The summed E-state index contributed by atoms with van der Waals surface area (Å²) >= 11 is 0. The lowest BCUT2D eigenvalue weighted by molar-refractivity contribution is -0.136. The summed E-state index contributed by atoms with van der Waals surface area (Å²) in [5, 5.41) is 2.31. The summed E-state index contributed by atoms with van der Waals surface area (Å²) < 4.78 is 20.0. The standard InChI is InChI=1S/C27H31FN4O4/c1-36-24-7-3-2-5-18(24)6-4-10-30-11-13-31(14-12-30)23-16-19(28)15-20-21(23)17-32(27(20)35)22-8-9-25(33)29-26(22)34/h2-3,5,7,15-16,22H,4,6,8-14,17H2,1H3,(H,29,33,34). The fourth-order valence-electron chi connectivity index (χ4n) is 5.50. The van der Waals surface area contributed by atoms with Gasteiger partial charge in [0.25, 0.3) is 5.91 Å². The topological polar surface area (TPSA) is 82.2 Å². The third-order valence-corrected chi connectivity index (χ3v) is 7.42. The Balaban J connectivity index is 1.22. The van der Waals surface area contributed by atoms with E-state index in [1.165, 1.54) is 22.6 Å². The average Bonchev–Trinajstić information content (AvgIpc) is 3.20. The van der Waals surface area contributed by atoms with E-state index in [2.05, 4.69) is 21.2 Å². The Hall–Kier alpha value is -3.46. The van der Waals surface area contributed by atoms with Crippen LogP contribution in [-0.4, -0.2) is 73.4 Å². The largest absolute Gasteiger partial charge is 0.496 e.